The van der Waals surface area contributed by atoms with Gasteiger partial charge in [-0.05, 0) is 25.0 Å². The fourth-order valence-corrected chi connectivity index (χ4v) is 2.79. The maximum absolute atomic E-state index is 11.8. The second kappa shape index (κ2) is 5.13. The number of aromatic nitrogens is 3. The Bertz CT molecular complexity index is 647. The molecule has 2 aromatic heterocycles. The van der Waals surface area contributed by atoms with Crippen molar-refractivity contribution in [2.75, 3.05) is 0 Å². The average Bonchev–Trinajstić information content (AvgIpc) is 2.92. The fourth-order valence-electron chi connectivity index (χ4n) is 2.58. The first-order chi connectivity index (χ1) is 9.24. The van der Waals surface area contributed by atoms with Crippen molar-refractivity contribution in [3.05, 3.63) is 45.5 Å². The second-order valence-corrected chi connectivity index (χ2v) is 5.24. The molecule has 0 bridgehead atoms. The molecule has 0 aliphatic heterocycles. The van der Waals surface area contributed by atoms with Crippen molar-refractivity contribution in [2.24, 2.45) is 0 Å². The molecule has 0 radical (unpaired) electrons. The van der Waals surface area contributed by atoms with Gasteiger partial charge in [-0.25, -0.2) is 4.98 Å². The van der Waals surface area contributed by atoms with Gasteiger partial charge in [0.2, 0.25) is 0 Å². The van der Waals surface area contributed by atoms with Gasteiger partial charge in [-0.3, -0.25) is 9.78 Å². The van der Waals surface area contributed by atoms with Crippen molar-refractivity contribution in [3.8, 4) is 11.5 Å². The Labute approximate surface area is 115 Å². The molecule has 1 aliphatic rings. The molecular formula is C14H14ClN3O. The Morgan fingerprint density at radius 1 is 1.32 bits per heavy atom. The highest BCUT2D eigenvalue weighted by molar-refractivity contribution is 6.32. The molecule has 1 N–H and O–H groups in total. The van der Waals surface area contributed by atoms with Gasteiger partial charge in [0.05, 0.1) is 10.7 Å². The van der Waals surface area contributed by atoms with Crippen LogP contribution >= 0.6 is 11.6 Å². The summed E-state index contributed by atoms with van der Waals surface area (Å²) < 4.78 is 0. The first-order valence-electron chi connectivity index (χ1n) is 6.46. The zero-order valence-electron chi connectivity index (χ0n) is 10.4. The molecule has 2 aromatic rings. The highest BCUT2D eigenvalue weighted by atomic mass is 35.5. The Kier molecular flexibility index (Phi) is 3.34. The number of hydrogen-bond acceptors (Lipinski definition) is 3. The van der Waals surface area contributed by atoms with E-state index in [0.717, 1.165) is 18.5 Å². The third-order valence-electron chi connectivity index (χ3n) is 3.52. The van der Waals surface area contributed by atoms with Crippen molar-refractivity contribution >= 4 is 11.6 Å². The zero-order chi connectivity index (χ0) is 13.2. The van der Waals surface area contributed by atoms with Gasteiger partial charge >= 0.3 is 0 Å². The normalized spacial score (nSPS) is 15.8. The molecule has 5 heteroatoms. The molecule has 0 atom stereocenters. The summed E-state index contributed by atoms with van der Waals surface area (Å²) in [5.74, 6) is 0.850. The SMILES string of the molecule is O=c1cc(C2CCCC2)nc(-c2ncccc2Cl)[nH]1. The van der Waals surface area contributed by atoms with Gasteiger partial charge in [0.15, 0.2) is 5.82 Å². The predicted octanol–water partition coefficient (Wildman–Crippen LogP) is 3.14. The summed E-state index contributed by atoms with van der Waals surface area (Å²) in [6.07, 6.45) is 6.26. The van der Waals surface area contributed by atoms with E-state index in [1.165, 1.54) is 12.8 Å². The lowest BCUT2D eigenvalue weighted by Crippen LogP contribution is -2.12. The van der Waals surface area contributed by atoms with E-state index in [4.69, 9.17) is 11.6 Å². The van der Waals surface area contributed by atoms with Crippen LogP contribution < -0.4 is 5.56 Å². The lowest BCUT2D eigenvalue weighted by molar-refractivity contribution is 0.693. The summed E-state index contributed by atoms with van der Waals surface area (Å²) in [5.41, 5.74) is 1.24. The molecule has 0 spiro atoms. The van der Waals surface area contributed by atoms with Gasteiger partial charge in [-0.15, -0.1) is 0 Å². The van der Waals surface area contributed by atoms with Crippen LogP contribution in [0.2, 0.25) is 5.02 Å². The van der Waals surface area contributed by atoms with Crippen LogP contribution in [0.1, 0.15) is 37.3 Å². The van der Waals surface area contributed by atoms with Gasteiger partial charge in [0.1, 0.15) is 5.69 Å². The Morgan fingerprint density at radius 2 is 2.11 bits per heavy atom. The molecule has 98 valence electrons. The lowest BCUT2D eigenvalue weighted by atomic mass is 10.0. The smallest absolute Gasteiger partial charge is 0.251 e. The minimum atomic E-state index is -0.145. The van der Waals surface area contributed by atoms with Crippen LogP contribution in [0.3, 0.4) is 0 Å². The molecular weight excluding hydrogens is 262 g/mol. The number of rotatable bonds is 2. The van der Waals surface area contributed by atoms with Crippen molar-refractivity contribution in [1.29, 1.82) is 0 Å². The molecule has 0 unspecified atom stereocenters. The molecule has 1 saturated carbocycles. The topological polar surface area (TPSA) is 58.6 Å². The number of nitrogens with one attached hydrogen (secondary N) is 1. The molecule has 1 aliphatic carbocycles. The highest BCUT2D eigenvalue weighted by Crippen LogP contribution is 2.33. The van der Waals surface area contributed by atoms with Crippen LogP contribution in [0, 0.1) is 0 Å². The Hall–Kier alpha value is -1.68. The van der Waals surface area contributed by atoms with E-state index in [1.807, 2.05) is 0 Å². The maximum Gasteiger partial charge on any atom is 0.251 e. The quantitative estimate of drug-likeness (QED) is 0.916. The first kappa shape index (κ1) is 12.4. The number of aromatic amines is 1. The van der Waals surface area contributed by atoms with Crippen molar-refractivity contribution in [3.63, 3.8) is 0 Å². The van der Waals surface area contributed by atoms with E-state index in [0.29, 0.717) is 22.5 Å². The molecule has 19 heavy (non-hydrogen) atoms. The number of nitrogens with zero attached hydrogens (tertiary/aromatic N) is 2. The molecule has 4 nitrogen and oxygen atoms in total. The monoisotopic (exact) mass is 275 g/mol. The summed E-state index contributed by atoms with van der Waals surface area (Å²) in [5, 5.41) is 0.495. The zero-order valence-corrected chi connectivity index (χ0v) is 11.2. The van der Waals surface area contributed by atoms with Crippen LogP contribution in [-0.2, 0) is 0 Å². The van der Waals surface area contributed by atoms with Crippen molar-refractivity contribution in [2.45, 2.75) is 31.6 Å². The summed E-state index contributed by atoms with van der Waals surface area (Å²) >= 11 is 6.10. The van der Waals surface area contributed by atoms with Crippen LogP contribution in [0.5, 0.6) is 0 Å². The van der Waals surface area contributed by atoms with Crippen LogP contribution in [0.25, 0.3) is 11.5 Å². The van der Waals surface area contributed by atoms with E-state index in [1.54, 1.807) is 24.4 Å². The van der Waals surface area contributed by atoms with E-state index in [9.17, 15) is 4.79 Å². The highest BCUT2D eigenvalue weighted by Gasteiger charge is 2.20. The Balaban J connectivity index is 2.07. The van der Waals surface area contributed by atoms with E-state index < -0.39 is 0 Å². The minimum absolute atomic E-state index is 0.145. The van der Waals surface area contributed by atoms with Gasteiger partial charge < -0.3 is 4.98 Å². The maximum atomic E-state index is 11.8. The number of pyridine rings is 1. The number of H-pyrrole nitrogens is 1. The third kappa shape index (κ3) is 2.54. The average molecular weight is 276 g/mol. The first-order valence-corrected chi connectivity index (χ1v) is 6.84. The predicted molar refractivity (Wildman–Crippen MR) is 74.3 cm³/mol. The van der Waals surface area contributed by atoms with Gasteiger partial charge in [0.25, 0.3) is 5.56 Å². The summed E-state index contributed by atoms with van der Waals surface area (Å²) in [7, 11) is 0. The molecule has 0 amide bonds. The van der Waals surface area contributed by atoms with Crippen molar-refractivity contribution in [1.82, 2.24) is 15.0 Å². The summed E-state index contributed by atoms with van der Waals surface area (Å²) in [6.45, 7) is 0. The summed E-state index contributed by atoms with van der Waals surface area (Å²) in [6, 6.07) is 5.09. The number of halogens is 1. The van der Waals surface area contributed by atoms with Gasteiger partial charge in [0, 0.05) is 18.2 Å². The molecule has 0 aromatic carbocycles. The lowest BCUT2D eigenvalue weighted by Gasteiger charge is -2.09. The molecule has 2 heterocycles. The Morgan fingerprint density at radius 3 is 2.84 bits per heavy atom. The van der Waals surface area contributed by atoms with E-state index in [-0.39, 0.29) is 5.56 Å². The molecule has 0 saturated heterocycles. The van der Waals surface area contributed by atoms with Crippen LogP contribution in [0.4, 0.5) is 0 Å². The summed E-state index contributed by atoms with van der Waals surface area (Å²) in [4.78, 5) is 23.2. The molecule has 3 rings (SSSR count). The van der Waals surface area contributed by atoms with Gasteiger partial charge in [-0.2, -0.15) is 0 Å². The van der Waals surface area contributed by atoms with Crippen molar-refractivity contribution < 1.29 is 0 Å². The number of hydrogen-bond donors (Lipinski definition) is 1. The van der Waals surface area contributed by atoms with Gasteiger partial charge in [-0.1, -0.05) is 24.4 Å². The van der Waals surface area contributed by atoms with E-state index >= 15 is 0 Å². The third-order valence-corrected chi connectivity index (χ3v) is 3.82. The standard InChI is InChI=1S/C14H14ClN3O/c15-10-6-3-7-16-13(10)14-17-11(8-12(19)18-14)9-4-1-2-5-9/h3,6-9H,1-2,4-5H2,(H,17,18,19). The minimum Gasteiger partial charge on any atom is -0.305 e. The largest absolute Gasteiger partial charge is 0.305 e. The molecule has 1 fully saturated rings. The fraction of sp³-hybridized carbons (Fsp3) is 0.357. The van der Waals surface area contributed by atoms with Crippen LogP contribution in [0.15, 0.2) is 29.2 Å². The second-order valence-electron chi connectivity index (χ2n) is 4.83. The van der Waals surface area contributed by atoms with Crippen LogP contribution in [-0.4, -0.2) is 15.0 Å². The van der Waals surface area contributed by atoms with E-state index in [2.05, 4.69) is 15.0 Å².